The molecule has 0 radical (unpaired) electrons. The molecule has 7 heteroatoms. The molecule has 318 valence electrons. The van der Waals surface area contributed by atoms with Gasteiger partial charge in [-0.3, -0.25) is 4.79 Å². The minimum atomic E-state index is -0.682. The number of aliphatic hydroxyl groups is 1. The number of rotatable bonds is 11. The second kappa shape index (κ2) is 21.7. The molecule has 57 heavy (non-hydrogen) atoms. The van der Waals surface area contributed by atoms with Gasteiger partial charge in [0.2, 0.25) is 0 Å². The van der Waals surface area contributed by atoms with Crippen molar-refractivity contribution in [3.8, 4) is 5.75 Å². The number of allylic oxidation sites excluding steroid dienone is 2. The molecule has 6 nitrogen and oxygen atoms in total. The molecule has 0 saturated heterocycles. The van der Waals surface area contributed by atoms with Crippen molar-refractivity contribution < 1.29 is 75.6 Å². The zero-order valence-electron chi connectivity index (χ0n) is 38.9. The number of ether oxygens (including phenoxy) is 2. The first-order chi connectivity index (χ1) is 26.6. The van der Waals surface area contributed by atoms with E-state index in [0.717, 1.165) is 45.0 Å². The Kier molecular flexibility index (Phi) is 19.9. The van der Waals surface area contributed by atoms with Crippen molar-refractivity contribution in [1.82, 2.24) is 5.32 Å². The Morgan fingerprint density at radius 3 is 2.30 bits per heavy atom. The summed E-state index contributed by atoms with van der Waals surface area (Å²) < 4.78 is 11.8. The summed E-state index contributed by atoms with van der Waals surface area (Å²) in [5.74, 6) is 4.46. The number of aldehydes is 1. The van der Waals surface area contributed by atoms with Gasteiger partial charge in [0.05, 0.1) is 13.5 Å². The largest absolute Gasteiger partial charge is 1.00 e. The first-order valence-corrected chi connectivity index (χ1v) is 22.1. The van der Waals surface area contributed by atoms with Gasteiger partial charge in [0, 0.05) is 30.2 Å². The molecule has 5 aliphatic carbocycles. The Morgan fingerprint density at radius 2 is 1.67 bits per heavy atom. The maximum atomic E-state index is 13.1. The molecule has 8 atom stereocenters. The number of methoxy groups -OCH3 is 1. The van der Waals surface area contributed by atoms with Crippen LogP contribution in [0.3, 0.4) is 0 Å². The van der Waals surface area contributed by atoms with Gasteiger partial charge >= 0.3 is 57.4 Å². The predicted molar refractivity (Wildman–Crippen MR) is 233 cm³/mol. The molecule has 0 spiro atoms. The van der Waals surface area contributed by atoms with E-state index in [9.17, 15) is 9.59 Å². The van der Waals surface area contributed by atoms with Crippen LogP contribution in [0, 0.1) is 56.2 Å². The standard InChI is InChI=1S/C45H68NO4.C2H6.C2H4.CH4O.K/c1-10-11-17-37(46-29-31-14-12-15-32(27-31)49-9)45-22-13-16-34(45)33-18-19-36-42(6)23-21-38(50-39(48)28-40(2,3)30-47)41(4,5)35(42)20-24-44(36,8)43(33,7)25-26-45;3*1-2;/h12,14-15,17,27,30,34-36,38,46H,10-11,13,16,18-26,28-29H2,1-9H3;1-2H3;1-2H2;2H,1H3;/q-1;;;;+1/b37-17-;;;;/t34?,35?,36?,38?,42?,43-,44?,45?;;;;/m1..../s1. The fraction of sp³-hybridized carbons (Fsp3) is 0.740. The summed E-state index contributed by atoms with van der Waals surface area (Å²) >= 11 is 0. The summed E-state index contributed by atoms with van der Waals surface area (Å²) in [5.41, 5.74) is 3.00. The molecular formula is C50H82KNO5. The van der Waals surface area contributed by atoms with Crippen molar-refractivity contribution in [2.45, 2.75) is 172 Å². The zero-order valence-corrected chi connectivity index (χ0v) is 42.0. The van der Waals surface area contributed by atoms with Crippen molar-refractivity contribution in [3.63, 3.8) is 0 Å². The third-order valence-electron chi connectivity index (χ3n) is 15.9. The van der Waals surface area contributed by atoms with Crippen molar-refractivity contribution in [2.24, 2.45) is 50.2 Å². The van der Waals surface area contributed by atoms with Crippen LogP contribution in [0.2, 0.25) is 0 Å². The van der Waals surface area contributed by atoms with Gasteiger partial charge in [-0.25, -0.2) is 0 Å². The molecule has 5 fully saturated rings. The average Bonchev–Trinajstić information content (AvgIpc) is 3.64. The third-order valence-corrected chi connectivity index (χ3v) is 15.9. The van der Waals surface area contributed by atoms with E-state index in [1.54, 1.807) is 7.11 Å². The summed E-state index contributed by atoms with van der Waals surface area (Å²) in [6, 6.07) is 8.53. The quantitative estimate of drug-likeness (QED) is 0.0763. The van der Waals surface area contributed by atoms with E-state index in [-0.39, 0.29) is 97.0 Å². The molecule has 6 rings (SSSR count). The molecular weight excluding hydrogens is 734 g/mol. The van der Waals surface area contributed by atoms with E-state index >= 15 is 0 Å². The average molecular weight is 816 g/mol. The summed E-state index contributed by atoms with van der Waals surface area (Å²) in [7, 11) is 2.75. The molecule has 5 aliphatic rings. The van der Waals surface area contributed by atoms with Crippen molar-refractivity contribution in [2.75, 3.05) is 14.2 Å². The van der Waals surface area contributed by atoms with Crippen LogP contribution in [0.15, 0.2) is 49.2 Å². The topological polar surface area (TPSA) is 84.9 Å². The van der Waals surface area contributed by atoms with Gasteiger partial charge in [0.1, 0.15) is 18.1 Å². The molecule has 0 aromatic heterocycles. The van der Waals surface area contributed by atoms with Crippen LogP contribution in [0.25, 0.3) is 0 Å². The van der Waals surface area contributed by atoms with Gasteiger partial charge in [-0.05, 0) is 85.3 Å². The minimum Gasteiger partial charge on any atom is -0.497 e. The summed E-state index contributed by atoms with van der Waals surface area (Å²) in [4.78, 5) is 24.6. The number of aliphatic hydroxyl groups excluding tert-OH is 1. The maximum absolute atomic E-state index is 13.1. The Labute approximate surface area is 392 Å². The van der Waals surface area contributed by atoms with Crippen molar-refractivity contribution in [3.05, 3.63) is 60.7 Å². The van der Waals surface area contributed by atoms with Crippen LogP contribution in [0.5, 0.6) is 5.75 Å². The molecule has 1 aromatic rings. The van der Waals surface area contributed by atoms with E-state index in [1.807, 2.05) is 39.7 Å². The number of nitrogens with one attached hydrogen (secondary N) is 1. The Morgan fingerprint density at radius 1 is 0.982 bits per heavy atom. The molecule has 0 aliphatic heterocycles. The first-order valence-electron chi connectivity index (χ1n) is 22.1. The molecule has 0 heterocycles. The van der Waals surface area contributed by atoms with Crippen molar-refractivity contribution in [1.29, 1.82) is 0 Å². The van der Waals surface area contributed by atoms with Crippen molar-refractivity contribution >= 4 is 12.3 Å². The van der Waals surface area contributed by atoms with E-state index in [1.165, 1.54) is 75.5 Å². The molecule has 0 bridgehead atoms. The van der Waals surface area contributed by atoms with Crippen LogP contribution >= 0.6 is 0 Å². The van der Waals surface area contributed by atoms with E-state index in [0.29, 0.717) is 17.8 Å². The second-order valence-electron chi connectivity index (χ2n) is 19.3. The molecule has 5 saturated carbocycles. The number of carbonyl (C=O) groups is 2. The number of esters is 1. The Hall–Kier alpha value is -0.964. The van der Waals surface area contributed by atoms with Gasteiger partial charge in [-0.15, -0.1) is 18.6 Å². The summed E-state index contributed by atoms with van der Waals surface area (Å²) in [6.07, 6.45) is 19.4. The molecule has 1 aromatic carbocycles. The Balaban J connectivity index is 0.00000153. The second-order valence-corrected chi connectivity index (χ2v) is 19.3. The minimum absolute atomic E-state index is 0. The van der Waals surface area contributed by atoms with E-state index < -0.39 is 5.41 Å². The number of benzene rings is 1. The fourth-order valence-corrected chi connectivity index (χ4v) is 13.1. The smallest absolute Gasteiger partial charge is 0.497 e. The Bertz CT molecular complexity index is 1470. The normalized spacial score (nSPS) is 33.8. The fourth-order valence-electron chi connectivity index (χ4n) is 13.1. The summed E-state index contributed by atoms with van der Waals surface area (Å²) in [5, 5.41) is 11.1. The summed E-state index contributed by atoms with van der Waals surface area (Å²) in [6.45, 7) is 29.6. The van der Waals surface area contributed by atoms with Gasteiger partial charge < -0.3 is 30.6 Å². The SMILES string of the molecule is C=C.CC.CCC/C=C(\NCc1cccc(OC)c1)C12CCCC1[C-]1CCC3C4(C)CCC(OC(=O)CC(C)(C)C=O)C(C)(C)C4CCC3(C)[C@]1(C)CC2.CO.[K+]. The van der Waals surface area contributed by atoms with E-state index in [2.05, 4.69) is 84.3 Å². The molecule has 0 amide bonds. The van der Waals surface area contributed by atoms with Crippen LogP contribution < -0.4 is 61.4 Å². The van der Waals surface area contributed by atoms with Crippen LogP contribution in [-0.4, -0.2) is 37.7 Å². The van der Waals surface area contributed by atoms with E-state index in [4.69, 9.17) is 14.6 Å². The molecule has 2 N–H and O–H groups in total. The number of hydrogen-bond donors (Lipinski definition) is 2. The van der Waals surface area contributed by atoms with Crippen LogP contribution in [-0.2, 0) is 20.9 Å². The maximum Gasteiger partial charge on any atom is 1.00 e. The number of carbonyl (C=O) groups excluding carboxylic acids is 2. The molecule has 7 unspecified atom stereocenters. The monoisotopic (exact) mass is 816 g/mol. The van der Waals surface area contributed by atoms with Gasteiger partial charge in [-0.1, -0.05) is 125 Å². The van der Waals surface area contributed by atoms with Gasteiger partial charge in [-0.2, -0.15) is 12.3 Å². The van der Waals surface area contributed by atoms with Gasteiger partial charge in [0.15, 0.2) is 0 Å². The number of unbranched alkanes of at least 4 members (excludes halogenated alkanes) is 1. The third kappa shape index (κ3) is 10.1. The predicted octanol–water partition coefficient (Wildman–Crippen LogP) is 9.25. The number of hydrogen-bond acceptors (Lipinski definition) is 6. The van der Waals surface area contributed by atoms with Crippen LogP contribution in [0.4, 0.5) is 0 Å². The van der Waals surface area contributed by atoms with Gasteiger partial charge in [0.25, 0.3) is 0 Å². The first kappa shape index (κ1) is 52.2. The van der Waals surface area contributed by atoms with Crippen LogP contribution in [0.1, 0.15) is 165 Å². The number of fused-ring (bicyclic) bond motifs is 7. The zero-order chi connectivity index (χ0) is 42.2.